The number of carbonyl (C=O) groups is 1. The highest BCUT2D eigenvalue weighted by Gasteiger charge is 2.12. The van der Waals surface area contributed by atoms with E-state index < -0.39 is 5.97 Å². The molecule has 1 N–H and O–H groups in total. The molecule has 0 saturated carbocycles. The summed E-state index contributed by atoms with van der Waals surface area (Å²) in [6, 6.07) is 5.41. The Bertz CT molecular complexity index is 491. The molecular weight excluding hydrogens is 210 g/mol. The molecule has 1 aromatic carbocycles. The Morgan fingerprint density at radius 2 is 2.27 bits per heavy atom. The van der Waals surface area contributed by atoms with E-state index in [4.69, 9.17) is 5.11 Å². The molecule has 0 saturated heterocycles. The van der Waals surface area contributed by atoms with Gasteiger partial charge in [-0.2, -0.15) is 0 Å². The Kier molecular flexibility index (Phi) is 2.51. The zero-order valence-electron chi connectivity index (χ0n) is 8.10. The predicted octanol–water partition coefficient (Wildman–Crippen LogP) is 2.82. The van der Waals surface area contributed by atoms with Gasteiger partial charge in [0.25, 0.3) is 0 Å². The van der Waals surface area contributed by atoms with Gasteiger partial charge in [0.15, 0.2) is 0 Å². The van der Waals surface area contributed by atoms with Crippen LogP contribution in [0.25, 0.3) is 10.4 Å². The van der Waals surface area contributed by atoms with Crippen LogP contribution in [-0.4, -0.2) is 16.1 Å². The molecule has 0 bridgehead atoms. The van der Waals surface area contributed by atoms with Crippen LogP contribution in [0.1, 0.15) is 15.9 Å². The highest BCUT2D eigenvalue weighted by atomic mass is 32.1. The molecule has 0 fully saturated rings. The van der Waals surface area contributed by atoms with Crippen LogP contribution in [-0.2, 0) is 0 Å². The lowest BCUT2D eigenvalue weighted by Gasteiger charge is -2.04. The van der Waals surface area contributed by atoms with Crippen LogP contribution in [0.3, 0.4) is 0 Å². The second kappa shape index (κ2) is 3.82. The predicted molar refractivity (Wildman–Crippen MR) is 59.2 cm³/mol. The summed E-state index contributed by atoms with van der Waals surface area (Å²) in [4.78, 5) is 15.9. The van der Waals surface area contributed by atoms with Gasteiger partial charge in [0.1, 0.15) is 0 Å². The Morgan fingerprint density at radius 1 is 1.47 bits per heavy atom. The van der Waals surface area contributed by atoms with Crippen LogP contribution in [0.15, 0.2) is 29.9 Å². The summed E-state index contributed by atoms with van der Waals surface area (Å²) in [5.74, 6) is -0.901. The maximum absolute atomic E-state index is 11.1. The summed E-state index contributed by atoms with van der Waals surface area (Å²) in [6.07, 6.45) is 1.68. The van der Waals surface area contributed by atoms with Gasteiger partial charge >= 0.3 is 5.97 Å². The SMILES string of the molecule is Cc1ccc(-c2cncs2)c(C(=O)O)c1. The van der Waals surface area contributed by atoms with Crippen LogP contribution in [0, 0.1) is 6.92 Å². The topological polar surface area (TPSA) is 50.2 Å². The van der Waals surface area contributed by atoms with E-state index >= 15 is 0 Å². The number of aryl methyl sites for hydroxylation is 1. The van der Waals surface area contributed by atoms with E-state index in [2.05, 4.69) is 4.98 Å². The number of aromatic nitrogens is 1. The summed E-state index contributed by atoms with van der Waals surface area (Å²) >= 11 is 1.44. The molecule has 0 radical (unpaired) electrons. The standard InChI is InChI=1S/C11H9NO2S/c1-7-2-3-8(9(4-7)11(13)14)10-5-12-6-15-10/h2-6H,1H3,(H,13,14). The van der Waals surface area contributed by atoms with Crippen molar-refractivity contribution in [3.63, 3.8) is 0 Å². The molecule has 2 rings (SSSR count). The largest absolute Gasteiger partial charge is 0.478 e. The summed E-state index contributed by atoms with van der Waals surface area (Å²) in [5, 5.41) is 9.07. The molecule has 0 atom stereocenters. The third-order valence-electron chi connectivity index (χ3n) is 2.10. The minimum Gasteiger partial charge on any atom is -0.478 e. The summed E-state index contributed by atoms with van der Waals surface area (Å²) < 4.78 is 0. The van der Waals surface area contributed by atoms with E-state index in [1.165, 1.54) is 11.3 Å². The monoisotopic (exact) mass is 219 g/mol. The van der Waals surface area contributed by atoms with E-state index in [0.717, 1.165) is 16.0 Å². The number of thiazole rings is 1. The lowest BCUT2D eigenvalue weighted by atomic mass is 10.0. The number of carboxylic acids is 1. The Balaban J connectivity index is 2.61. The molecule has 3 nitrogen and oxygen atoms in total. The molecule has 4 heteroatoms. The maximum atomic E-state index is 11.1. The molecule has 76 valence electrons. The second-order valence-electron chi connectivity index (χ2n) is 3.22. The molecule has 0 amide bonds. The summed E-state index contributed by atoms with van der Waals surface area (Å²) in [7, 11) is 0. The Morgan fingerprint density at radius 3 is 2.87 bits per heavy atom. The maximum Gasteiger partial charge on any atom is 0.336 e. The van der Waals surface area contributed by atoms with Gasteiger partial charge < -0.3 is 5.11 Å². The number of nitrogens with zero attached hydrogens (tertiary/aromatic N) is 1. The fourth-order valence-electron chi connectivity index (χ4n) is 1.40. The van der Waals surface area contributed by atoms with E-state index in [1.807, 2.05) is 19.1 Å². The van der Waals surface area contributed by atoms with Crippen molar-refractivity contribution in [1.29, 1.82) is 0 Å². The molecular formula is C11H9NO2S. The van der Waals surface area contributed by atoms with Crippen LogP contribution < -0.4 is 0 Å². The highest BCUT2D eigenvalue weighted by molar-refractivity contribution is 7.13. The number of aromatic carboxylic acids is 1. The molecule has 1 aromatic heterocycles. The molecule has 0 unspecified atom stereocenters. The molecule has 0 aliphatic carbocycles. The fraction of sp³-hybridized carbons (Fsp3) is 0.0909. The van der Waals surface area contributed by atoms with Gasteiger partial charge in [-0.15, -0.1) is 11.3 Å². The summed E-state index contributed by atoms with van der Waals surface area (Å²) in [5.41, 5.74) is 3.70. The van der Waals surface area contributed by atoms with Gasteiger partial charge in [-0.1, -0.05) is 17.7 Å². The average Bonchev–Trinajstić information content (AvgIpc) is 2.70. The number of carboxylic acid groups (broad SMARTS) is 1. The van der Waals surface area contributed by atoms with Crippen molar-refractivity contribution in [1.82, 2.24) is 4.98 Å². The zero-order valence-corrected chi connectivity index (χ0v) is 8.91. The van der Waals surface area contributed by atoms with Crippen molar-refractivity contribution in [2.24, 2.45) is 0 Å². The fourth-order valence-corrected chi connectivity index (χ4v) is 2.06. The van der Waals surface area contributed by atoms with Crippen molar-refractivity contribution in [2.45, 2.75) is 6.92 Å². The average molecular weight is 219 g/mol. The van der Waals surface area contributed by atoms with Gasteiger partial charge in [-0.3, -0.25) is 4.98 Å². The lowest BCUT2D eigenvalue weighted by molar-refractivity contribution is 0.0697. The van der Waals surface area contributed by atoms with Crippen LogP contribution >= 0.6 is 11.3 Å². The molecule has 15 heavy (non-hydrogen) atoms. The third-order valence-corrected chi connectivity index (χ3v) is 2.91. The van der Waals surface area contributed by atoms with Crippen molar-refractivity contribution >= 4 is 17.3 Å². The Labute approximate surface area is 91.0 Å². The van der Waals surface area contributed by atoms with Crippen LogP contribution in [0.5, 0.6) is 0 Å². The van der Waals surface area contributed by atoms with Crippen molar-refractivity contribution in [3.8, 4) is 10.4 Å². The minimum absolute atomic E-state index is 0.333. The van der Waals surface area contributed by atoms with Crippen LogP contribution in [0.4, 0.5) is 0 Å². The molecule has 0 aliphatic rings. The first-order chi connectivity index (χ1) is 7.18. The zero-order chi connectivity index (χ0) is 10.8. The number of hydrogen-bond acceptors (Lipinski definition) is 3. The normalized spacial score (nSPS) is 10.2. The van der Waals surface area contributed by atoms with E-state index in [-0.39, 0.29) is 0 Å². The minimum atomic E-state index is -0.901. The number of hydrogen-bond donors (Lipinski definition) is 1. The molecule has 1 heterocycles. The van der Waals surface area contributed by atoms with E-state index in [1.54, 1.807) is 17.8 Å². The van der Waals surface area contributed by atoms with E-state index in [0.29, 0.717) is 5.56 Å². The smallest absolute Gasteiger partial charge is 0.336 e. The first-order valence-electron chi connectivity index (χ1n) is 4.41. The molecule has 0 spiro atoms. The van der Waals surface area contributed by atoms with Gasteiger partial charge in [0.05, 0.1) is 16.0 Å². The van der Waals surface area contributed by atoms with Gasteiger partial charge in [0.2, 0.25) is 0 Å². The number of benzene rings is 1. The molecule has 0 aliphatic heterocycles. The third kappa shape index (κ3) is 1.89. The second-order valence-corrected chi connectivity index (χ2v) is 4.11. The first kappa shape index (κ1) is 9.86. The molecule has 2 aromatic rings. The van der Waals surface area contributed by atoms with E-state index in [9.17, 15) is 4.79 Å². The summed E-state index contributed by atoms with van der Waals surface area (Å²) in [6.45, 7) is 1.88. The Hall–Kier alpha value is -1.68. The van der Waals surface area contributed by atoms with Crippen LogP contribution in [0.2, 0.25) is 0 Å². The van der Waals surface area contributed by atoms with Crippen molar-refractivity contribution < 1.29 is 9.90 Å². The van der Waals surface area contributed by atoms with Crippen molar-refractivity contribution in [3.05, 3.63) is 41.0 Å². The van der Waals surface area contributed by atoms with Crippen molar-refractivity contribution in [2.75, 3.05) is 0 Å². The first-order valence-corrected chi connectivity index (χ1v) is 5.29. The quantitative estimate of drug-likeness (QED) is 0.844. The number of rotatable bonds is 2. The highest BCUT2D eigenvalue weighted by Crippen LogP contribution is 2.27. The van der Waals surface area contributed by atoms with Gasteiger partial charge in [-0.05, 0) is 13.0 Å². The lowest BCUT2D eigenvalue weighted by Crippen LogP contribution is -1.99. The van der Waals surface area contributed by atoms with Gasteiger partial charge in [-0.25, -0.2) is 4.79 Å². The van der Waals surface area contributed by atoms with Gasteiger partial charge in [0, 0.05) is 11.8 Å².